The van der Waals surface area contributed by atoms with Crippen LogP contribution in [0.5, 0.6) is 5.75 Å². The van der Waals surface area contributed by atoms with Gasteiger partial charge in [0.2, 0.25) is 0 Å². The molecule has 1 aromatic carbocycles. The molecule has 1 aromatic heterocycles. The van der Waals surface area contributed by atoms with Crippen molar-refractivity contribution in [1.29, 1.82) is 0 Å². The van der Waals surface area contributed by atoms with Crippen molar-refractivity contribution in [2.24, 2.45) is 0 Å². The molecule has 0 amide bonds. The standard InChI is InChI=1S/C15H20N2O/c1-5-9-18-13-8-6-7-12-14(16-4)10(2)11(3)17-15(12)13/h6-8H,5,9H2,1-4H3,(H,16,17). The Morgan fingerprint density at radius 2 is 2.06 bits per heavy atom. The van der Waals surface area contributed by atoms with Crippen LogP contribution in [0.25, 0.3) is 10.9 Å². The molecule has 0 saturated heterocycles. The molecule has 1 heterocycles. The Morgan fingerprint density at radius 3 is 2.72 bits per heavy atom. The van der Waals surface area contributed by atoms with E-state index in [1.165, 1.54) is 5.56 Å². The van der Waals surface area contributed by atoms with Crippen LogP contribution >= 0.6 is 0 Å². The number of hydrogen-bond acceptors (Lipinski definition) is 3. The maximum absolute atomic E-state index is 5.77. The van der Waals surface area contributed by atoms with Crippen LogP contribution in [0.2, 0.25) is 0 Å². The van der Waals surface area contributed by atoms with Gasteiger partial charge in [0.1, 0.15) is 11.3 Å². The molecule has 96 valence electrons. The number of pyridine rings is 1. The first kappa shape index (κ1) is 12.7. The largest absolute Gasteiger partial charge is 0.491 e. The summed E-state index contributed by atoms with van der Waals surface area (Å²) in [5.74, 6) is 0.869. The SMILES string of the molecule is CCCOc1cccc2c(NC)c(C)c(C)nc12. The molecule has 3 nitrogen and oxygen atoms in total. The minimum atomic E-state index is 0.725. The number of anilines is 1. The highest BCUT2D eigenvalue weighted by Crippen LogP contribution is 2.32. The predicted octanol–water partition coefficient (Wildman–Crippen LogP) is 3.68. The van der Waals surface area contributed by atoms with E-state index >= 15 is 0 Å². The molecule has 0 spiro atoms. The molecule has 2 rings (SSSR count). The van der Waals surface area contributed by atoms with Crippen LogP contribution in [0.4, 0.5) is 5.69 Å². The predicted molar refractivity (Wildman–Crippen MR) is 76.5 cm³/mol. The minimum absolute atomic E-state index is 0.725. The monoisotopic (exact) mass is 244 g/mol. The van der Waals surface area contributed by atoms with Gasteiger partial charge in [0, 0.05) is 23.8 Å². The fraction of sp³-hybridized carbons (Fsp3) is 0.400. The van der Waals surface area contributed by atoms with Crippen LogP contribution in [-0.2, 0) is 0 Å². The van der Waals surface area contributed by atoms with Crippen LogP contribution < -0.4 is 10.1 Å². The Bertz CT molecular complexity index is 564. The van der Waals surface area contributed by atoms with Crippen molar-refractivity contribution < 1.29 is 4.74 Å². The maximum Gasteiger partial charge on any atom is 0.145 e. The van der Waals surface area contributed by atoms with Gasteiger partial charge in [0.15, 0.2) is 0 Å². The molecule has 0 saturated carbocycles. The molecule has 0 aliphatic heterocycles. The third-order valence-corrected chi connectivity index (χ3v) is 3.18. The summed E-state index contributed by atoms with van der Waals surface area (Å²) in [7, 11) is 1.95. The van der Waals surface area contributed by atoms with E-state index in [0.717, 1.165) is 41.1 Å². The lowest BCUT2D eigenvalue weighted by Gasteiger charge is -2.14. The molecule has 0 fully saturated rings. The van der Waals surface area contributed by atoms with E-state index in [2.05, 4.69) is 30.2 Å². The van der Waals surface area contributed by atoms with Gasteiger partial charge in [0.25, 0.3) is 0 Å². The average Bonchev–Trinajstić information content (AvgIpc) is 2.38. The van der Waals surface area contributed by atoms with Gasteiger partial charge in [-0.15, -0.1) is 0 Å². The van der Waals surface area contributed by atoms with Gasteiger partial charge in [-0.1, -0.05) is 19.1 Å². The number of hydrogen-bond donors (Lipinski definition) is 1. The van der Waals surface area contributed by atoms with Crippen LogP contribution in [0.3, 0.4) is 0 Å². The van der Waals surface area contributed by atoms with Crippen molar-refractivity contribution in [3.63, 3.8) is 0 Å². The molecule has 0 atom stereocenters. The summed E-state index contributed by atoms with van der Waals surface area (Å²) in [6.45, 7) is 6.95. The Morgan fingerprint density at radius 1 is 1.28 bits per heavy atom. The first-order valence-corrected chi connectivity index (χ1v) is 6.39. The summed E-state index contributed by atoms with van der Waals surface area (Å²) in [6, 6.07) is 6.09. The number of ether oxygens (including phenoxy) is 1. The van der Waals surface area contributed by atoms with Crippen molar-refractivity contribution >= 4 is 16.6 Å². The first-order chi connectivity index (χ1) is 8.69. The van der Waals surface area contributed by atoms with Crippen molar-refractivity contribution in [2.45, 2.75) is 27.2 Å². The lowest BCUT2D eigenvalue weighted by atomic mass is 10.1. The normalized spacial score (nSPS) is 10.7. The van der Waals surface area contributed by atoms with E-state index in [-0.39, 0.29) is 0 Å². The molecule has 0 unspecified atom stereocenters. The van der Waals surface area contributed by atoms with E-state index in [1.54, 1.807) is 0 Å². The zero-order chi connectivity index (χ0) is 13.1. The third-order valence-electron chi connectivity index (χ3n) is 3.18. The highest BCUT2D eigenvalue weighted by molar-refractivity contribution is 5.96. The maximum atomic E-state index is 5.77. The fourth-order valence-electron chi connectivity index (χ4n) is 2.12. The summed E-state index contributed by atoms with van der Waals surface area (Å²) < 4.78 is 5.77. The van der Waals surface area contributed by atoms with Gasteiger partial charge in [0.05, 0.1) is 6.61 Å². The second kappa shape index (κ2) is 5.25. The summed E-state index contributed by atoms with van der Waals surface area (Å²) in [4.78, 5) is 4.67. The van der Waals surface area contributed by atoms with E-state index in [1.807, 2.05) is 26.1 Å². The summed E-state index contributed by atoms with van der Waals surface area (Å²) in [6.07, 6.45) is 1.00. The van der Waals surface area contributed by atoms with E-state index in [9.17, 15) is 0 Å². The van der Waals surface area contributed by atoms with Gasteiger partial charge < -0.3 is 10.1 Å². The minimum Gasteiger partial charge on any atom is -0.491 e. The van der Waals surface area contributed by atoms with Crippen LogP contribution in [0, 0.1) is 13.8 Å². The van der Waals surface area contributed by atoms with Crippen molar-refractivity contribution in [1.82, 2.24) is 4.98 Å². The average molecular weight is 244 g/mol. The molecular weight excluding hydrogens is 224 g/mol. The number of nitrogens with one attached hydrogen (secondary N) is 1. The number of nitrogens with zero attached hydrogens (tertiary/aromatic N) is 1. The van der Waals surface area contributed by atoms with Gasteiger partial charge in [-0.05, 0) is 31.9 Å². The Hall–Kier alpha value is -1.77. The number of aryl methyl sites for hydroxylation is 1. The zero-order valence-electron chi connectivity index (χ0n) is 11.5. The van der Waals surface area contributed by atoms with Crippen molar-refractivity contribution in [3.05, 3.63) is 29.5 Å². The number of fused-ring (bicyclic) bond motifs is 1. The number of aromatic nitrogens is 1. The first-order valence-electron chi connectivity index (χ1n) is 6.39. The lowest BCUT2D eigenvalue weighted by Crippen LogP contribution is -2.01. The van der Waals surface area contributed by atoms with Crippen molar-refractivity contribution in [2.75, 3.05) is 19.0 Å². The smallest absolute Gasteiger partial charge is 0.145 e. The molecular formula is C15H20N2O. The zero-order valence-corrected chi connectivity index (χ0v) is 11.5. The third kappa shape index (κ3) is 2.13. The summed E-state index contributed by atoms with van der Waals surface area (Å²) >= 11 is 0. The molecule has 18 heavy (non-hydrogen) atoms. The Labute approximate surface area is 108 Å². The second-order valence-corrected chi connectivity index (χ2v) is 4.45. The molecule has 3 heteroatoms. The Balaban J connectivity index is 2.66. The number of benzene rings is 1. The fourth-order valence-corrected chi connectivity index (χ4v) is 2.12. The molecule has 2 aromatic rings. The van der Waals surface area contributed by atoms with Gasteiger partial charge >= 0.3 is 0 Å². The highest BCUT2D eigenvalue weighted by Gasteiger charge is 2.11. The van der Waals surface area contributed by atoms with E-state index in [0.29, 0.717) is 0 Å². The van der Waals surface area contributed by atoms with Gasteiger partial charge in [-0.2, -0.15) is 0 Å². The van der Waals surface area contributed by atoms with Gasteiger partial charge in [-0.25, -0.2) is 4.98 Å². The number of rotatable bonds is 4. The quantitative estimate of drug-likeness (QED) is 0.890. The highest BCUT2D eigenvalue weighted by atomic mass is 16.5. The summed E-state index contributed by atoms with van der Waals surface area (Å²) in [5.41, 5.74) is 4.31. The van der Waals surface area contributed by atoms with Gasteiger partial charge in [-0.3, -0.25) is 0 Å². The van der Waals surface area contributed by atoms with Crippen molar-refractivity contribution in [3.8, 4) is 5.75 Å². The topological polar surface area (TPSA) is 34.1 Å². The molecule has 0 bridgehead atoms. The van der Waals surface area contributed by atoms with E-state index < -0.39 is 0 Å². The molecule has 0 aliphatic rings. The molecule has 0 aliphatic carbocycles. The van der Waals surface area contributed by atoms with Crippen LogP contribution in [0.15, 0.2) is 18.2 Å². The summed E-state index contributed by atoms with van der Waals surface area (Å²) in [5, 5.41) is 4.39. The number of para-hydroxylation sites is 1. The van der Waals surface area contributed by atoms with E-state index in [4.69, 9.17) is 4.74 Å². The molecule has 1 N–H and O–H groups in total. The Kier molecular flexibility index (Phi) is 3.70. The van der Waals surface area contributed by atoms with Crippen LogP contribution in [0.1, 0.15) is 24.6 Å². The second-order valence-electron chi connectivity index (χ2n) is 4.45. The van der Waals surface area contributed by atoms with Crippen LogP contribution in [-0.4, -0.2) is 18.6 Å². The lowest BCUT2D eigenvalue weighted by molar-refractivity contribution is 0.320. The molecule has 0 radical (unpaired) electrons.